The highest BCUT2D eigenvalue weighted by molar-refractivity contribution is 7.85. The van der Waals surface area contributed by atoms with E-state index in [1.807, 2.05) is 48.5 Å². The molecule has 0 fully saturated rings. The average molecular weight is 748 g/mol. The standard InChI is InChI=1S/C41H54N4O7S/c1-42-37(46)17-7-11-29(12-8-18-38(47)43-2)31-21-25-33(26-22-31)41(35-15-5-6-16-36(35)53(50,51)52)34-27-23-32(24-28-34)30(13-9-19-39(48)44-3)14-10-20-40(49)45-4/h5-6,15-16,21-30H,7-14,17-20H2,1-4H3,(H4-,42,43,44,45,46,47,48,49,50,51,52)/p+1. The van der Waals surface area contributed by atoms with E-state index in [9.17, 15) is 32.1 Å². The van der Waals surface area contributed by atoms with Crippen LogP contribution in [-0.4, -0.2) is 64.8 Å². The van der Waals surface area contributed by atoms with Gasteiger partial charge in [-0.3, -0.25) is 23.7 Å². The normalized spacial score (nSPS) is 11.3. The minimum atomic E-state index is -4.57. The molecule has 3 aromatic rings. The molecule has 0 saturated carbocycles. The van der Waals surface area contributed by atoms with E-state index in [2.05, 4.69) is 21.3 Å². The molecule has 0 saturated heterocycles. The molecule has 4 amide bonds. The quantitative estimate of drug-likeness (QED) is 0.0493. The van der Waals surface area contributed by atoms with Crippen LogP contribution in [0.5, 0.6) is 0 Å². The third-order valence-electron chi connectivity index (χ3n) is 9.72. The summed E-state index contributed by atoms with van der Waals surface area (Å²) in [6.07, 6.45) is 7.43. The van der Waals surface area contributed by atoms with Gasteiger partial charge < -0.3 is 21.3 Å². The number of amides is 4. The van der Waals surface area contributed by atoms with Gasteiger partial charge in [0.2, 0.25) is 23.6 Å². The second-order valence-electron chi connectivity index (χ2n) is 13.2. The van der Waals surface area contributed by atoms with Gasteiger partial charge in [-0.05, 0) is 147 Å². The number of hydrogen-bond acceptors (Lipinski definition) is 6. The van der Waals surface area contributed by atoms with E-state index in [1.165, 1.54) is 6.07 Å². The number of nitrogens with one attached hydrogen (secondary N) is 4. The molecule has 0 atom stereocenters. The van der Waals surface area contributed by atoms with Crippen LogP contribution in [0.15, 0.2) is 77.7 Å². The lowest BCUT2D eigenvalue weighted by atomic mass is 9.81. The van der Waals surface area contributed by atoms with Crippen molar-refractivity contribution in [2.75, 3.05) is 28.2 Å². The van der Waals surface area contributed by atoms with Gasteiger partial charge in [0.25, 0.3) is 0 Å². The Morgan fingerprint density at radius 1 is 0.547 bits per heavy atom. The van der Waals surface area contributed by atoms with Gasteiger partial charge in [-0.15, -0.1) is 0 Å². The molecule has 0 aromatic heterocycles. The maximum Gasteiger partial charge on any atom is 0.315 e. The van der Waals surface area contributed by atoms with Crippen LogP contribution >= 0.6 is 0 Å². The van der Waals surface area contributed by atoms with E-state index in [-0.39, 0.29) is 40.4 Å². The topological polar surface area (TPSA) is 171 Å². The van der Waals surface area contributed by atoms with Crippen molar-refractivity contribution in [2.45, 2.75) is 93.8 Å². The van der Waals surface area contributed by atoms with Crippen molar-refractivity contribution >= 4 is 33.7 Å². The molecule has 3 rings (SSSR count). The summed E-state index contributed by atoms with van der Waals surface area (Å²) in [5, 5.41) is 10.7. The lowest BCUT2D eigenvalue weighted by Crippen LogP contribution is -2.18. The summed E-state index contributed by atoms with van der Waals surface area (Å²) in [5.74, 6) is 0.753. The van der Waals surface area contributed by atoms with Gasteiger partial charge in [0.1, 0.15) is 4.90 Å². The van der Waals surface area contributed by atoms with Crippen LogP contribution in [0.4, 0.5) is 0 Å². The molecule has 5 N–H and O–H groups in total. The van der Waals surface area contributed by atoms with Crippen molar-refractivity contribution in [1.82, 2.24) is 21.3 Å². The fourth-order valence-corrected chi connectivity index (χ4v) is 7.41. The Morgan fingerprint density at radius 2 is 0.868 bits per heavy atom. The first-order valence-electron chi connectivity index (χ1n) is 18.4. The Labute approximate surface area is 314 Å². The molecular formula is C41H55N4O7S+. The Kier molecular flexibility index (Phi) is 17.5. The molecule has 0 spiro atoms. The number of carbonyl (C=O) groups is 4. The van der Waals surface area contributed by atoms with Crippen LogP contribution < -0.4 is 21.3 Å². The molecule has 0 unspecified atom stereocenters. The van der Waals surface area contributed by atoms with Crippen LogP contribution in [0.25, 0.3) is 0 Å². The molecule has 0 bridgehead atoms. The summed E-state index contributed by atoms with van der Waals surface area (Å²) in [7, 11) is 1.91. The highest BCUT2D eigenvalue weighted by Gasteiger charge is 2.30. The third kappa shape index (κ3) is 13.7. The molecule has 3 aromatic carbocycles. The number of hydrogen-bond donors (Lipinski definition) is 5. The maximum absolute atomic E-state index is 12.6. The lowest BCUT2D eigenvalue weighted by Gasteiger charge is -2.20. The summed E-state index contributed by atoms with van der Waals surface area (Å²) in [5.41, 5.74) is 3.96. The monoisotopic (exact) mass is 747 g/mol. The van der Waals surface area contributed by atoms with E-state index in [1.54, 1.807) is 46.4 Å². The van der Waals surface area contributed by atoms with Gasteiger partial charge in [0.15, 0.2) is 0 Å². The summed E-state index contributed by atoms with van der Waals surface area (Å²) in [6.45, 7) is 0. The first-order valence-corrected chi connectivity index (χ1v) is 19.8. The zero-order valence-corrected chi connectivity index (χ0v) is 32.2. The second kappa shape index (κ2) is 21.8. The fourth-order valence-electron chi connectivity index (χ4n) is 6.71. The Morgan fingerprint density at radius 3 is 1.17 bits per heavy atom. The summed E-state index contributed by atoms with van der Waals surface area (Å²) < 4.78 is 35.5. The van der Waals surface area contributed by atoms with E-state index >= 15 is 0 Å². The fraction of sp³-hybridized carbons (Fsp3) is 0.439. The molecule has 12 heteroatoms. The smallest absolute Gasteiger partial charge is 0.315 e. The van der Waals surface area contributed by atoms with Crippen LogP contribution in [0.2, 0.25) is 0 Å². The Balaban J connectivity index is 2.00. The molecule has 0 aliphatic rings. The summed E-state index contributed by atoms with van der Waals surface area (Å²) in [4.78, 5) is 47.5. The molecule has 0 radical (unpaired) electrons. The van der Waals surface area contributed by atoms with Crippen molar-refractivity contribution < 1.29 is 32.1 Å². The van der Waals surface area contributed by atoms with E-state index in [0.29, 0.717) is 62.8 Å². The molecule has 286 valence electrons. The largest absolute Gasteiger partial charge is 0.359 e. The van der Waals surface area contributed by atoms with Gasteiger partial charge in [-0.2, -0.15) is 8.42 Å². The Hall–Kier alpha value is -4.68. The predicted molar refractivity (Wildman–Crippen MR) is 207 cm³/mol. The molecule has 11 nitrogen and oxygen atoms in total. The molecule has 53 heavy (non-hydrogen) atoms. The maximum atomic E-state index is 12.6. The van der Waals surface area contributed by atoms with Crippen molar-refractivity contribution in [3.63, 3.8) is 0 Å². The van der Waals surface area contributed by atoms with Gasteiger partial charge >= 0.3 is 10.1 Å². The second-order valence-corrected chi connectivity index (χ2v) is 14.6. The molecule has 0 heterocycles. The van der Waals surface area contributed by atoms with Crippen LogP contribution in [-0.2, 0) is 29.3 Å². The lowest BCUT2D eigenvalue weighted by molar-refractivity contribution is -0.121. The zero-order chi connectivity index (χ0) is 38.8. The summed E-state index contributed by atoms with van der Waals surface area (Å²) >= 11 is 0. The van der Waals surface area contributed by atoms with Gasteiger partial charge in [-0.25, -0.2) is 0 Å². The first kappa shape index (κ1) is 42.7. The first-order chi connectivity index (χ1) is 25.4. The summed E-state index contributed by atoms with van der Waals surface area (Å²) in [6, 6.07) is 22.2. The van der Waals surface area contributed by atoms with Gasteiger partial charge in [0.05, 0.1) is 22.6 Å². The molecule has 0 aliphatic carbocycles. The zero-order valence-electron chi connectivity index (χ0n) is 31.4. The van der Waals surface area contributed by atoms with E-state index in [0.717, 1.165) is 47.9 Å². The predicted octanol–water partition coefficient (Wildman–Crippen LogP) is 5.78. The van der Waals surface area contributed by atoms with E-state index < -0.39 is 10.1 Å². The number of rotatable bonds is 22. The number of benzene rings is 3. The SMILES string of the molecule is CNC(=O)CCCC(CCCC(=O)NC)c1ccc([C+](c2ccc(C(CCCC(=O)NC)CCCC(=O)NC)cc2)c2ccccc2S(=O)(=O)O)cc1. The van der Waals surface area contributed by atoms with Crippen LogP contribution in [0.1, 0.15) is 117 Å². The van der Waals surface area contributed by atoms with E-state index in [4.69, 9.17) is 0 Å². The van der Waals surface area contributed by atoms with Crippen molar-refractivity contribution in [2.24, 2.45) is 0 Å². The average Bonchev–Trinajstić information content (AvgIpc) is 3.16. The van der Waals surface area contributed by atoms with Crippen molar-refractivity contribution in [1.29, 1.82) is 0 Å². The van der Waals surface area contributed by atoms with Crippen molar-refractivity contribution in [3.05, 3.63) is 107 Å². The van der Waals surface area contributed by atoms with Gasteiger partial charge in [-0.1, -0.05) is 0 Å². The Bertz CT molecular complexity index is 1610. The minimum Gasteiger partial charge on any atom is -0.359 e. The van der Waals surface area contributed by atoms with Crippen LogP contribution in [0, 0.1) is 5.92 Å². The van der Waals surface area contributed by atoms with Gasteiger partial charge in [0, 0.05) is 53.9 Å². The van der Waals surface area contributed by atoms with Crippen molar-refractivity contribution in [3.8, 4) is 0 Å². The highest BCUT2D eigenvalue weighted by atomic mass is 32.2. The minimum absolute atomic E-state index is 0.0219. The molecule has 0 aliphatic heterocycles. The highest BCUT2D eigenvalue weighted by Crippen LogP contribution is 2.38. The molecular weight excluding hydrogens is 693 g/mol. The van der Waals surface area contributed by atoms with Crippen LogP contribution in [0.3, 0.4) is 0 Å². The number of carbonyl (C=O) groups excluding carboxylic acids is 4. The third-order valence-corrected chi connectivity index (χ3v) is 10.6.